The molecule has 1 aromatic heterocycles. The van der Waals surface area contributed by atoms with E-state index in [-0.39, 0.29) is 36.5 Å². The number of aryl methyl sites for hydroxylation is 2. The first-order valence-electron chi connectivity index (χ1n) is 8.73. The number of nitrogens with zero attached hydrogens (tertiary/aromatic N) is 1. The number of alkyl halides is 3. The van der Waals surface area contributed by atoms with Gasteiger partial charge in [0.05, 0.1) is 12.5 Å². The zero-order valence-electron chi connectivity index (χ0n) is 15.6. The molecule has 27 heavy (non-hydrogen) atoms. The Bertz CT molecular complexity index is 771. The van der Waals surface area contributed by atoms with E-state index in [2.05, 4.69) is 10.3 Å². The molecule has 2 rings (SSSR count). The molecule has 0 saturated carbocycles. The first kappa shape index (κ1) is 20.7. The summed E-state index contributed by atoms with van der Waals surface area (Å²) in [6.45, 7) is 5.46. The van der Waals surface area contributed by atoms with Crippen LogP contribution in [-0.2, 0) is 4.74 Å². The summed E-state index contributed by atoms with van der Waals surface area (Å²) in [6.07, 6.45) is -3.07. The van der Waals surface area contributed by atoms with Crippen LogP contribution in [0, 0.1) is 13.8 Å². The quantitative estimate of drug-likeness (QED) is 0.685. The Labute approximate surface area is 156 Å². The predicted molar refractivity (Wildman–Crippen MR) is 98.0 cm³/mol. The van der Waals surface area contributed by atoms with Gasteiger partial charge in [0.25, 0.3) is 0 Å². The molecule has 0 fully saturated rings. The van der Waals surface area contributed by atoms with Gasteiger partial charge in [0.2, 0.25) is 0 Å². The molecule has 4 nitrogen and oxygen atoms in total. The molecule has 2 aromatic rings. The average molecular weight is 380 g/mol. The first-order chi connectivity index (χ1) is 12.7. The van der Waals surface area contributed by atoms with E-state index in [1.165, 1.54) is 12.3 Å². The molecule has 1 N–H and O–H groups in total. The van der Waals surface area contributed by atoms with E-state index in [0.717, 1.165) is 11.1 Å². The van der Waals surface area contributed by atoms with Crippen LogP contribution in [0.1, 0.15) is 46.3 Å². The van der Waals surface area contributed by atoms with Gasteiger partial charge in [-0.3, -0.25) is 0 Å². The van der Waals surface area contributed by atoms with Crippen molar-refractivity contribution in [2.75, 3.05) is 18.5 Å². The second-order valence-corrected chi connectivity index (χ2v) is 6.35. The summed E-state index contributed by atoms with van der Waals surface area (Å²) in [5, 5.41) is 2.84. The van der Waals surface area contributed by atoms with Crippen molar-refractivity contribution >= 4 is 11.8 Å². The fourth-order valence-corrected chi connectivity index (χ4v) is 2.99. The maximum atomic E-state index is 13.6. The van der Waals surface area contributed by atoms with Crippen LogP contribution >= 0.6 is 0 Å². The Kier molecular flexibility index (Phi) is 6.82. The second-order valence-electron chi connectivity index (χ2n) is 6.35. The number of hydrogen-bond acceptors (Lipinski definition) is 4. The van der Waals surface area contributed by atoms with Gasteiger partial charge in [-0.1, -0.05) is 29.3 Å². The van der Waals surface area contributed by atoms with Gasteiger partial charge >= 0.3 is 12.1 Å². The molecule has 7 heteroatoms. The smallest absolute Gasteiger partial charge is 0.395 e. The number of esters is 1. The fraction of sp³-hybridized carbons (Fsp3) is 0.400. The van der Waals surface area contributed by atoms with Gasteiger partial charge in [0, 0.05) is 12.7 Å². The first-order valence-corrected chi connectivity index (χ1v) is 8.73. The molecule has 146 valence electrons. The Hall–Kier alpha value is -2.57. The van der Waals surface area contributed by atoms with Crippen LogP contribution < -0.4 is 5.32 Å². The van der Waals surface area contributed by atoms with Crippen LogP contribution in [0.2, 0.25) is 0 Å². The molecule has 0 radical (unpaired) electrons. The number of rotatable bonds is 7. The summed E-state index contributed by atoms with van der Waals surface area (Å²) >= 11 is 0. The zero-order valence-corrected chi connectivity index (χ0v) is 15.6. The highest BCUT2D eigenvalue weighted by Crippen LogP contribution is 2.38. The monoisotopic (exact) mass is 380 g/mol. The maximum absolute atomic E-state index is 13.6. The van der Waals surface area contributed by atoms with E-state index in [0.29, 0.717) is 0 Å². The molecule has 0 bridgehead atoms. The van der Waals surface area contributed by atoms with Crippen molar-refractivity contribution in [2.45, 2.75) is 39.3 Å². The normalized spacial score (nSPS) is 12.5. The molecule has 1 aromatic carbocycles. The number of carbonyl (C=O) groups is 1. The lowest BCUT2D eigenvalue weighted by molar-refractivity contribution is -0.151. The van der Waals surface area contributed by atoms with Gasteiger partial charge in [0.15, 0.2) is 0 Å². The molecule has 0 spiro atoms. The number of benzene rings is 1. The minimum Gasteiger partial charge on any atom is -0.462 e. The van der Waals surface area contributed by atoms with Crippen LogP contribution in [-0.4, -0.2) is 30.3 Å². The summed E-state index contributed by atoms with van der Waals surface area (Å²) in [5.41, 5.74) is 2.03. The molecule has 0 saturated heterocycles. The molecular weight excluding hydrogens is 357 g/mol. The minimum absolute atomic E-state index is 0.0145. The number of hydrogen-bond donors (Lipinski definition) is 1. The topological polar surface area (TPSA) is 51.2 Å². The van der Waals surface area contributed by atoms with Gasteiger partial charge in [-0.15, -0.1) is 0 Å². The third-order valence-corrected chi connectivity index (χ3v) is 4.07. The van der Waals surface area contributed by atoms with Gasteiger partial charge in [-0.2, -0.15) is 13.2 Å². The zero-order chi connectivity index (χ0) is 20.0. The van der Waals surface area contributed by atoms with E-state index in [1.54, 1.807) is 39.0 Å². The predicted octanol–water partition coefficient (Wildman–Crippen LogP) is 5.02. The SMILES string of the molecule is CCOC(=O)c1cccnc1NCC[C@@H](c1cc(C)cc(C)c1)C(F)(F)F. The van der Waals surface area contributed by atoms with Crippen LogP contribution in [0.4, 0.5) is 19.0 Å². The van der Waals surface area contributed by atoms with Gasteiger partial charge in [-0.25, -0.2) is 9.78 Å². The van der Waals surface area contributed by atoms with Gasteiger partial charge in [-0.05, 0) is 44.9 Å². The molecule has 0 aliphatic rings. The molecule has 0 unspecified atom stereocenters. The minimum atomic E-state index is -4.37. The number of halogens is 3. The third-order valence-electron chi connectivity index (χ3n) is 4.07. The summed E-state index contributed by atoms with van der Waals surface area (Å²) in [4.78, 5) is 16.0. The van der Waals surface area contributed by atoms with Crippen molar-refractivity contribution in [3.05, 3.63) is 58.8 Å². The largest absolute Gasteiger partial charge is 0.462 e. The second kappa shape index (κ2) is 8.88. The molecular formula is C20H23F3N2O2. The van der Waals surface area contributed by atoms with Crippen LogP contribution in [0.3, 0.4) is 0 Å². The number of carbonyl (C=O) groups excluding carboxylic acids is 1. The maximum Gasteiger partial charge on any atom is 0.395 e. The van der Waals surface area contributed by atoms with Crippen LogP contribution in [0.25, 0.3) is 0 Å². The standard InChI is InChI=1S/C20H23F3N2O2/c1-4-27-19(26)16-6-5-8-24-18(16)25-9-7-17(20(21,22)23)15-11-13(2)10-14(3)12-15/h5-6,8,10-12,17H,4,7,9H2,1-3H3,(H,24,25)/t17-/m0/s1. The Morgan fingerprint density at radius 3 is 2.48 bits per heavy atom. The van der Waals surface area contributed by atoms with Gasteiger partial charge in [0.1, 0.15) is 11.4 Å². The number of pyridine rings is 1. The highest BCUT2D eigenvalue weighted by Gasteiger charge is 2.40. The molecule has 0 aliphatic heterocycles. The van der Waals surface area contributed by atoms with Crippen molar-refractivity contribution in [1.82, 2.24) is 4.98 Å². The highest BCUT2D eigenvalue weighted by molar-refractivity contribution is 5.94. The fourth-order valence-electron chi connectivity index (χ4n) is 2.99. The van der Waals surface area contributed by atoms with Crippen LogP contribution in [0.15, 0.2) is 36.5 Å². The lowest BCUT2D eigenvalue weighted by Crippen LogP contribution is -2.24. The lowest BCUT2D eigenvalue weighted by Gasteiger charge is -2.22. The number of nitrogens with one attached hydrogen (secondary N) is 1. The van der Waals surface area contributed by atoms with Crippen molar-refractivity contribution in [1.29, 1.82) is 0 Å². The van der Waals surface area contributed by atoms with Crippen molar-refractivity contribution in [3.63, 3.8) is 0 Å². The van der Waals surface area contributed by atoms with Crippen molar-refractivity contribution in [2.24, 2.45) is 0 Å². The third kappa shape index (κ3) is 5.70. The number of ether oxygens (including phenoxy) is 1. The molecule has 1 heterocycles. The Balaban J connectivity index is 2.14. The Morgan fingerprint density at radius 1 is 1.22 bits per heavy atom. The summed E-state index contributed by atoms with van der Waals surface area (Å²) in [6, 6.07) is 8.07. The lowest BCUT2D eigenvalue weighted by atomic mass is 9.92. The van der Waals surface area contributed by atoms with E-state index in [1.807, 2.05) is 6.07 Å². The van der Waals surface area contributed by atoms with E-state index in [9.17, 15) is 18.0 Å². The van der Waals surface area contributed by atoms with E-state index in [4.69, 9.17) is 4.74 Å². The number of anilines is 1. The summed E-state index contributed by atoms with van der Waals surface area (Å²) in [7, 11) is 0. The number of aromatic nitrogens is 1. The molecule has 0 aliphatic carbocycles. The molecule has 0 amide bonds. The van der Waals surface area contributed by atoms with E-state index >= 15 is 0 Å². The van der Waals surface area contributed by atoms with Crippen molar-refractivity contribution in [3.8, 4) is 0 Å². The van der Waals surface area contributed by atoms with Crippen LogP contribution in [0.5, 0.6) is 0 Å². The van der Waals surface area contributed by atoms with Crippen molar-refractivity contribution < 1.29 is 22.7 Å². The molecule has 1 atom stereocenters. The summed E-state index contributed by atoms with van der Waals surface area (Å²) < 4.78 is 45.7. The Morgan fingerprint density at radius 2 is 1.89 bits per heavy atom. The van der Waals surface area contributed by atoms with Gasteiger partial charge < -0.3 is 10.1 Å². The summed E-state index contributed by atoms with van der Waals surface area (Å²) in [5.74, 6) is -1.94. The van der Waals surface area contributed by atoms with E-state index < -0.39 is 18.1 Å². The average Bonchev–Trinajstić information content (AvgIpc) is 2.57. The highest BCUT2D eigenvalue weighted by atomic mass is 19.4.